The van der Waals surface area contributed by atoms with Crippen LogP contribution in [0.25, 0.3) is 11.0 Å². The summed E-state index contributed by atoms with van der Waals surface area (Å²) in [6.07, 6.45) is 0. The molecule has 0 bridgehead atoms. The van der Waals surface area contributed by atoms with Crippen molar-refractivity contribution in [2.75, 3.05) is 0 Å². The number of hydrogen-bond acceptors (Lipinski definition) is 4. The summed E-state index contributed by atoms with van der Waals surface area (Å²) in [4.78, 5) is 12.9. The lowest BCUT2D eigenvalue weighted by Gasteiger charge is -2.07. The molecule has 0 aliphatic carbocycles. The molecule has 4 aromatic rings. The van der Waals surface area contributed by atoms with E-state index in [9.17, 15) is 13.2 Å². The van der Waals surface area contributed by atoms with Crippen molar-refractivity contribution in [3.05, 3.63) is 106 Å². The van der Waals surface area contributed by atoms with Crippen molar-refractivity contribution in [1.82, 2.24) is 0 Å². The van der Waals surface area contributed by atoms with Crippen LogP contribution in [-0.2, 0) is 10.0 Å². The molecular formula is C22H13Cl2NO4S. The number of carbonyl (C=O) groups is 1. The number of rotatable bonds is 4. The first kappa shape index (κ1) is 20.3. The van der Waals surface area contributed by atoms with Crippen molar-refractivity contribution in [2.45, 2.75) is 4.90 Å². The average Bonchev–Trinajstić information content (AvgIpc) is 2.73. The first-order chi connectivity index (χ1) is 14.3. The van der Waals surface area contributed by atoms with Crippen LogP contribution in [0.15, 0.2) is 92.6 Å². The second kappa shape index (κ2) is 8.07. The molecule has 0 radical (unpaired) electrons. The Morgan fingerprint density at radius 3 is 2.17 bits per heavy atom. The molecule has 1 heterocycles. The number of halogens is 2. The van der Waals surface area contributed by atoms with Gasteiger partial charge in [-0.05, 0) is 18.2 Å². The first-order valence-corrected chi connectivity index (χ1v) is 10.9. The van der Waals surface area contributed by atoms with E-state index in [1.54, 1.807) is 48.5 Å². The standard InChI is InChI=1S/C22H13Cl2NO4S/c23-15-11-17(24)21-18(25-30(27,28)16-9-5-2-6-10-16)13-20(29-19(21)12-15)22(26)14-7-3-1-4-8-14/h1-13H. The van der Waals surface area contributed by atoms with Gasteiger partial charge in [-0.2, -0.15) is 12.8 Å². The molecule has 5 nitrogen and oxygen atoms in total. The van der Waals surface area contributed by atoms with Crippen molar-refractivity contribution in [2.24, 2.45) is 4.40 Å². The van der Waals surface area contributed by atoms with Gasteiger partial charge in [-0.1, -0.05) is 71.7 Å². The Balaban J connectivity index is 2.02. The Morgan fingerprint density at radius 2 is 1.50 bits per heavy atom. The molecular weight excluding hydrogens is 445 g/mol. The highest BCUT2D eigenvalue weighted by Crippen LogP contribution is 2.27. The van der Waals surface area contributed by atoms with Gasteiger partial charge in [0.2, 0.25) is 5.78 Å². The molecule has 0 aliphatic rings. The number of ketones is 1. The summed E-state index contributed by atoms with van der Waals surface area (Å²) in [6.45, 7) is 0. The van der Waals surface area contributed by atoms with E-state index in [2.05, 4.69) is 4.40 Å². The van der Waals surface area contributed by atoms with Gasteiger partial charge in [0, 0.05) is 22.7 Å². The van der Waals surface area contributed by atoms with Crippen LogP contribution in [0.1, 0.15) is 16.1 Å². The smallest absolute Gasteiger partial charge is 0.282 e. The van der Waals surface area contributed by atoms with Crippen molar-refractivity contribution in [1.29, 1.82) is 0 Å². The van der Waals surface area contributed by atoms with E-state index in [0.717, 1.165) is 0 Å². The second-order valence-electron chi connectivity index (χ2n) is 6.33. The largest absolute Gasteiger partial charge is 0.452 e. The normalized spacial score (nSPS) is 12.3. The van der Waals surface area contributed by atoms with Gasteiger partial charge < -0.3 is 4.42 Å². The maximum atomic E-state index is 12.9. The van der Waals surface area contributed by atoms with E-state index in [-0.39, 0.29) is 37.0 Å². The van der Waals surface area contributed by atoms with Gasteiger partial charge in [-0.25, -0.2) is 0 Å². The quantitative estimate of drug-likeness (QED) is 0.391. The zero-order valence-electron chi connectivity index (χ0n) is 15.2. The summed E-state index contributed by atoms with van der Waals surface area (Å²) >= 11 is 12.4. The number of nitrogens with zero attached hydrogens (tertiary/aromatic N) is 1. The monoisotopic (exact) mass is 457 g/mol. The zero-order chi connectivity index (χ0) is 21.3. The van der Waals surface area contributed by atoms with Crippen LogP contribution >= 0.6 is 23.2 Å². The number of carbonyl (C=O) groups excluding carboxylic acids is 1. The number of fused-ring (bicyclic) bond motifs is 1. The van der Waals surface area contributed by atoms with Gasteiger partial charge in [0.15, 0.2) is 5.76 Å². The zero-order valence-corrected chi connectivity index (χ0v) is 17.6. The third-order valence-electron chi connectivity index (χ3n) is 4.28. The van der Waals surface area contributed by atoms with Crippen molar-refractivity contribution < 1.29 is 17.6 Å². The minimum atomic E-state index is -4.06. The molecule has 1 aromatic heterocycles. The van der Waals surface area contributed by atoms with Crippen molar-refractivity contribution >= 4 is 50.0 Å². The molecule has 0 saturated carbocycles. The highest BCUT2D eigenvalue weighted by Gasteiger charge is 2.18. The number of sulfonamides is 1. The topological polar surface area (TPSA) is 76.7 Å². The molecule has 0 fully saturated rings. The number of hydrogen-bond donors (Lipinski definition) is 0. The van der Waals surface area contributed by atoms with Gasteiger partial charge in [0.05, 0.1) is 20.7 Å². The molecule has 0 N–H and O–H groups in total. The molecule has 0 unspecified atom stereocenters. The predicted octanol–water partition coefficient (Wildman–Crippen LogP) is 5.26. The van der Waals surface area contributed by atoms with Crippen LogP contribution in [0.2, 0.25) is 10.0 Å². The Bertz CT molecular complexity index is 1430. The summed E-state index contributed by atoms with van der Waals surface area (Å²) in [5.41, 5.74) is 0.530. The van der Waals surface area contributed by atoms with E-state index in [0.29, 0.717) is 5.56 Å². The molecule has 150 valence electrons. The van der Waals surface area contributed by atoms with Gasteiger partial charge in [0.1, 0.15) is 5.58 Å². The van der Waals surface area contributed by atoms with E-state index >= 15 is 0 Å². The van der Waals surface area contributed by atoms with Crippen molar-refractivity contribution in [3.63, 3.8) is 0 Å². The van der Waals surface area contributed by atoms with Crippen LogP contribution in [0.5, 0.6) is 0 Å². The molecule has 0 saturated heterocycles. The predicted molar refractivity (Wildman–Crippen MR) is 115 cm³/mol. The lowest BCUT2D eigenvalue weighted by Crippen LogP contribution is -2.13. The highest BCUT2D eigenvalue weighted by atomic mass is 35.5. The molecule has 3 aromatic carbocycles. The van der Waals surface area contributed by atoms with Crippen LogP contribution in [0, 0.1) is 0 Å². The van der Waals surface area contributed by atoms with Gasteiger partial charge in [-0.15, -0.1) is 0 Å². The minimum absolute atomic E-state index is 0.0129. The molecule has 0 amide bonds. The fourth-order valence-electron chi connectivity index (χ4n) is 2.91. The third kappa shape index (κ3) is 4.03. The van der Waals surface area contributed by atoms with Crippen LogP contribution in [0.3, 0.4) is 0 Å². The lowest BCUT2D eigenvalue weighted by atomic mass is 10.1. The van der Waals surface area contributed by atoms with E-state index in [4.69, 9.17) is 27.6 Å². The summed E-state index contributed by atoms with van der Waals surface area (Å²) in [7, 11) is -4.06. The summed E-state index contributed by atoms with van der Waals surface area (Å²) in [5.74, 6) is -0.517. The summed E-state index contributed by atoms with van der Waals surface area (Å²) < 4.78 is 35.3. The molecule has 30 heavy (non-hydrogen) atoms. The SMILES string of the molecule is O=C(c1ccccc1)c1cc(=NS(=O)(=O)c2ccccc2)c2c(Cl)cc(Cl)cc2o1. The highest BCUT2D eigenvalue weighted by molar-refractivity contribution is 7.90. The van der Waals surface area contributed by atoms with Crippen LogP contribution in [0.4, 0.5) is 0 Å². The lowest BCUT2D eigenvalue weighted by molar-refractivity contribution is 0.101. The summed E-state index contributed by atoms with van der Waals surface area (Å²) in [5, 5.41) is 0.658. The Morgan fingerprint density at radius 1 is 0.867 bits per heavy atom. The van der Waals surface area contributed by atoms with Gasteiger partial charge in [0.25, 0.3) is 10.0 Å². The Kier molecular flexibility index (Phi) is 5.47. The maximum absolute atomic E-state index is 12.9. The molecule has 0 spiro atoms. The number of benzene rings is 3. The Labute approximate surface area is 182 Å². The second-order valence-corrected chi connectivity index (χ2v) is 8.78. The van der Waals surface area contributed by atoms with Gasteiger partial charge >= 0.3 is 0 Å². The van der Waals surface area contributed by atoms with E-state index < -0.39 is 15.8 Å². The van der Waals surface area contributed by atoms with Crippen LogP contribution < -0.4 is 5.36 Å². The first-order valence-electron chi connectivity index (χ1n) is 8.74. The summed E-state index contributed by atoms with van der Waals surface area (Å²) in [6, 6.07) is 20.4. The fourth-order valence-corrected chi connectivity index (χ4v) is 4.49. The molecule has 0 aliphatic heterocycles. The van der Waals surface area contributed by atoms with E-state index in [1.807, 2.05) is 0 Å². The minimum Gasteiger partial charge on any atom is -0.452 e. The van der Waals surface area contributed by atoms with Crippen LogP contribution in [-0.4, -0.2) is 14.2 Å². The average molecular weight is 458 g/mol. The third-order valence-corrected chi connectivity index (χ3v) is 6.10. The van der Waals surface area contributed by atoms with Gasteiger partial charge in [-0.3, -0.25) is 4.79 Å². The molecule has 0 atom stereocenters. The van der Waals surface area contributed by atoms with Crippen molar-refractivity contribution in [3.8, 4) is 0 Å². The maximum Gasteiger partial charge on any atom is 0.282 e. The molecule has 4 rings (SSSR count). The van der Waals surface area contributed by atoms with E-state index in [1.165, 1.54) is 30.3 Å². The molecule has 8 heteroatoms. The fraction of sp³-hybridized carbons (Fsp3) is 0. The Hall–Kier alpha value is -2.93.